The van der Waals surface area contributed by atoms with Crippen molar-refractivity contribution in [2.24, 2.45) is 11.8 Å². The van der Waals surface area contributed by atoms with Crippen molar-refractivity contribution in [3.05, 3.63) is 78.1 Å². The number of rotatable bonds is 13. The fourth-order valence-electron chi connectivity index (χ4n) is 7.93. The van der Waals surface area contributed by atoms with E-state index in [1.54, 1.807) is 41.4 Å². The number of carbonyl (C=O) groups is 2. The molecular weight excluding hydrogens is 807 g/mol. The van der Waals surface area contributed by atoms with E-state index in [2.05, 4.69) is 34.4 Å². The number of carboxylic acid groups (broad SMARTS) is 1. The summed E-state index contributed by atoms with van der Waals surface area (Å²) in [6.45, 7) is 8.65. The highest BCUT2D eigenvalue weighted by molar-refractivity contribution is 7.85. The minimum atomic E-state index is -4.01. The number of ether oxygens (including phenoxy) is 2. The van der Waals surface area contributed by atoms with Crippen molar-refractivity contribution in [3.8, 4) is 28.1 Å². The van der Waals surface area contributed by atoms with Crippen molar-refractivity contribution in [1.29, 1.82) is 0 Å². The van der Waals surface area contributed by atoms with Crippen molar-refractivity contribution in [2.45, 2.75) is 74.0 Å². The van der Waals surface area contributed by atoms with Gasteiger partial charge >= 0.3 is 12.0 Å². The maximum absolute atomic E-state index is 13.5. The standard InChI is InChI=1S/C41H48N7O8S2.2CH4/c1-25-18-26(2)20-30(55-15-12-42-13-17-58(52,53)54)21-28(19-25)24-48-27(3)32(23-43-48)31-9-10-33(44-38(31)39(49)50)29-8-11-36-35(22-29)47(14-16-56-36)41(51)46-40-45-34-6-4-5-7-37(34)57-40;;/h4-11,22-23,25-26,30,42H,12-21,24H2,1-3H3,(H,49,50)(H,45,46,51)(H,52,53,54);2*1H4. The minimum Gasteiger partial charge on any atom is -0.490 e. The van der Waals surface area contributed by atoms with Gasteiger partial charge in [0.2, 0.25) is 0 Å². The summed E-state index contributed by atoms with van der Waals surface area (Å²) in [6, 6.07) is 16.2. The third-order valence-corrected chi connectivity index (χ3v) is 12.2. The molecule has 15 nitrogen and oxygen atoms in total. The van der Waals surface area contributed by atoms with Crippen molar-refractivity contribution in [1.82, 2.24) is 25.1 Å². The summed E-state index contributed by atoms with van der Waals surface area (Å²) in [4.78, 5) is 37.0. The number of aromatic carboxylic acids is 1. The second-order valence-corrected chi connectivity index (χ2v) is 17.8. The molecule has 4 N–H and O–H groups in total. The van der Waals surface area contributed by atoms with Crippen LogP contribution in [0.4, 0.5) is 15.6 Å². The first-order valence-corrected chi connectivity index (χ1v) is 21.8. The number of urea groups is 1. The summed E-state index contributed by atoms with van der Waals surface area (Å²) in [5.74, 6) is 1.26. The van der Waals surface area contributed by atoms with Gasteiger partial charge in [0, 0.05) is 47.9 Å². The topological polar surface area (TPSA) is 198 Å². The molecule has 1 saturated carbocycles. The first kappa shape index (κ1) is 46.1. The molecule has 1 aliphatic heterocycles. The van der Waals surface area contributed by atoms with E-state index in [1.165, 1.54) is 17.3 Å². The zero-order chi connectivity index (χ0) is 41.0. The number of thiazole rings is 1. The van der Waals surface area contributed by atoms with Crippen LogP contribution in [0.15, 0.2) is 60.8 Å². The summed E-state index contributed by atoms with van der Waals surface area (Å²) >= 11 is 1.39. The first-order valence-electron chi connectivity index (χ1n) is 19.4. The monoisotopic (exact) mass is 862 g/mol. The molecule has 5 aromatic rings. The molecule has 0 bridgehead atoms. The molecule has 60 heavy (non-hydrogen) atoms. The molecule has 4 heterocycles. The highest BCUT2D eigenvalue weighted by atomic mass is 32.2. The molecule has 3 unspecified atom stereocenters. The first-order chi connectivity index (χ1) is 27.8. The maximum atomic E-state index is 13.5. The molecule has 1 radical (unpaired) electrons. The molecule has 7 rings (SSSR count). The van der Waals surface area contributed by atoms with Gasteiger partial charge in [-0.25, -0.2) is 19.6 Å². The average Bonchev–Trinajstić information content (AvgIpc) is 3.76. The van der Waals surface area contributed by atoms with Gasteiger partial charge in [-0.3, -0.25) is 19.5 Å². The van der Waals surface area contributed by atoms with Gasteiger partial charge in [0.25, 0.3) is 10.1 Å². The van der Waals surface area contributed by atoms with Crippen LogP contribution in [0.1, 0.15) is 70.6 Å². The zero-order valence-corrected chi connectivity index (χ0v) is 34.3. The number of anilines is 2. The average molecular weight is 863 g/mol. The van der Waals surface area contributed by atoms with Crippen molar-refractivity contribution in [2.75, 3.05) is 48.8 Å². The quantitative estimate of drug-likeness (QED) is 0.0655. The number of nitrogens with zero attached hydrogens (tertiary/aromatic N) is 5. The van der Waals surface area contributed by atoms with Gasteiger partial charge in [0.1, 0.15) is 12.4 Å². The Morgan fingerprint density at radius 2 is 1.80 bits per heavy atom. The van der Waals surface area contributed by atoms with E-state index < -0.39 is 16.1 Å². The number of carboxylic acids is 1. The number of hydrogen-bond acceptors (Lipinski definition) is 11. The Balaban J connectivity index is 0.00000341. The van der Waals surface area contributed by atoms with Crippen molar-refractivity contribution < 1.29 is 37.1 Å². The molecular formula is C43H56N7O8S2. The number of nitrogens with one attached hydrogen (secondary N) is 2. The van der Waals surface area contributed by atoms with Crippen LogP contribution in [0.25, 0.3) is 32.6 Å². The summed E-state index contributed by atoms with van der Waals surface area (Å²) < 4.78 is 46.0. The number of hydrogen-bond donors (Lipinski definition) is 4. The largest absolute Gasteiger partial charge is 0.490 e. The molecule has 323 valence electrons. The van der Waals surface area contributed by atoms with E-state index in [0.29, 0.717) is 83.6 Å². The van der Waals surface area contributed by atoms with Crippen LogP contribution in [-0.2, 0) is 21.4 Å². The molecule has 3 aromatic heterocycles. The predicted molar refractivity (Wildman–Crippen MR) is 237 cm³/mol. The molecule has 2 aliphatic rings. The number of pyridine rings is 1. The summed E-state index contributed by atoms with van der Waals surface area (Å²) in [7, 11) is -4.01. The van der Waals surface area contributed by atoms with Gasteiger partial charge in [0.15, 0.2) is 10.8 Å². The zero-order valence-electron chi connectivity index (χ0n) is 32.7. The maximum Gasteiger partial charge on any atom is 0.355 e. The normalized spacial score (nSPS) is 18.3. The van der Waals surface area contributed by atoms with Crippen LogP contribution in [0, 0.1) is 24.7 Å². The molecule has 1 fully saturated rings. The van der Waals surface area contributed by atoms with Gasteiger partial charge in [-0.15, -0.1) is 0 Å². The van der Waals surface area contributed by atoms with E-state index in [4.69, 9.17) is 19.1 Å². The van der Waals surface area contributed by atoms with E-state index in [-0.39, 0.29) is 45.0 Å². The van der Waals surface area contributed by atoms with Gasteiger partial charge in [-0.2, -0.15) is 13.5 Å². The van der Waals surface area contributed by atoms with E-state index in [1.807, 2.05) is 35.9 Å². The Morgan fingerprint density at radius 3 is 2.57 bits per heavy atom. The van der Waals surface area contributed by atoms with Crippen molar-refractivity contribution >= 4 is 54.5 Å². The molecule has 17 heteroatoms. The van der Waals surface area contributed by atoms with E-state index in [0.717, 1.165) is 41.6 Å². The second kappa shape index (κ2) is 20.1. The SMILES string of the molecule is C.C.Cc1c(-c2ccc(-c3ccc4c(c3)N(C(=O)Nc3nc5ccccc5s3)CCO4)nc2C(=O)O)cnn1C[C]1CC(C)CC(C)CC(OCCNCCS(=O)(=O)O)C1. The number of para-hydroxylation sites is 1. The number of amides is 2. The lowest BCUT2D eigenvalue weighted by atomic mass is 9.80. The van der Waals surface area contributed by atoms with Crippen LogP contribution in [0.2, 0.25) is 0 Å². The summed E-state index contributed by atoms with van der Waals surface area (Å²) in [5, 5.41) is 21.5. The predicted octanol–water partition coefficient (Wildman–Crippen LogP) is 8.21. The lowest BCUT2D eigenvalue weighted by molar-refractivity contribution is 0.0272. The number of benzene rings is 2. The number of carbonyl (C=O) groups excluding carboxylic acids is 1. The van der Waals surface area contributed by atoms with Gasteiger partial charge in [0.05, 0.1) is 52.8 Å². The third-order valence-electron chi connectivity index (χ3n) is 10.5. The van der Waals surface area contributed by atoms with Crippen LogP contribution in [0.3, 0.4) is 0 Å². The summed E-state index contributed by atoms with van der Waals surface area (Å²) in [5.41, 5.74) is 4.22. The summed E-state index contributed by atoms with van der Waals surface area (Å²) in [6.07, 6.45) is 5.30. The number of aromatic nitrogens is 4. The van der Waals surface area contributed by atoms with E-state index in [9.17, 15) is 23.1 Å². The van der Waals surface area contributed by atoms with E-state index >= 15 is 0 Å². The van der Waals surface area contributed by atoms with Gasteiger partial charge in [-0.1, -0.05) is 52.2 Å². The Labute approximate surface area is 356 Å². The van der Waals surface area contributed by atoms with Crippen LogP contribution in [0.5, 0.6) is 5.75 Å². The highest BCUT2D eigenvalue weighted by Gasteiger charge is 2.29. The van der Waals surface area contributed by atoms with Crippen LogP contribution in [-0.4, -0.2) is 94.5 Å². The Bertz CT molecular complexity index is 2350. The molecule has 2 amide bonds. The smallest absolute Gasteiger partial charge is 0.355 e. The minimum absolute atomic E-state index is 0. The molecule has 0 saturated heterocycles. The highest BCUT2D eigenvalue weighted by Crippen LogP contribution is 2.38. The fourth-order valence-corrected chi connectivity index (χ4v) is 9.19. The lowest BCUT2D eigenvalue weighted by Gasteiger charge is -2.32. The molecule has 2 aromatic carbocycles. The lowest BCUT2D eigenvalue weighted by Crippen LogP contribution is -2.40. The Kier molecular flexibility index (Phi) is 15.4. The molecule has 1 aliphatic carbocycles. The van der Waals surface area contributed by atoms with Crippen LogP contribution < -0.4 is 20.3 Å². The second-order valence-electron chi connectivity index (χ2n) is 15.2. The third kappa shape index (κ3) is 11.3. The Hall–Kier alpha value is -4.94. The number of fused-ring (bicyclic) bond motifs is 2. The van der Waals surface area contributed by atoms with Crippen LogP contribution >= 0.6 is 11.3 Å². The van der Waals surface area contributed by atoms with Gasteiger partial charge in [-0.05, 0) is 86.9 Å². The molecule has 0 spiro atoms. The molecule has 3 atom stereocenters. The fraction of sp³-hybridized carbons (Fsp3) is 0.442. The Morgan fingerprint density at radius 1 is 1.00 bits per heavy atom. The van der Waals surface area contributed by atoms with Crippen molar-refractivity contribution in [3.63, 3.8) is 0 Å². The van der Waals surface area contributed by atoms with Gasteiger partial charge < -0.3 is 19.9 Å².